The first kappa shape index (κ1) is 15.0. The van der Waals surface area contributed by atoms with Gasteiger partial charge in [-0.1, -0.05) is 12.1 Å². The summed E-state index contributed by atoms with van der Waals surface area (Å²) in [4.78, 5) is 18.3. The average Bonchev–Trinajstić information content (AvgIpc) is 2.49. The van der Waals surface area contributed by atoms with Gasteiger partial charge >= 0.3 is 0 Å². The van der Waals surface area contributed by atoms with Gasteiger partial charge in [-0.15, -0.1) is 0 Å². The van der Waals surface area contributed by atoms with Gasteiger partial charge in [0.15, 0.2) is 0 Å². The van der Waals surface area contributed by atoms with Gasteiger partial charge in [0, 0.05) is 26.8 Å². The van der Waals surface area contributed by atoms with Crippen LogP contribution in [0.25, 0.3) is 0 Å². The lowest BCUT2D eigenvalue weighted by Gasteiger charge is -2.12. The highest BCUT2D eigenvalue weighted by Crippen LogP contribution is 2.13. The number of rotatable bonds is 5. The van der Waals surface area contributed by atoms with E-state index in [1.165, 1.54) is 0 Å². The van der Waals surface area contributed by atoms with Crippen molar-refractivity contribution in [2.24, 2.45) is 0 Å². The molecule has 0 saturated carbocycles. The molecule has 0 aliphatic rings. The van der Waals surface area contributed by atoms with E-state index in [2.05, 4.69) is 10.3 Å². The number of anilines is 2. The molecule has 5 heteroatoms. The van der Waals surface area contributed by atoms with Crippen molar-refractivity contribution in [1.82, 2.24) is 4.98 Å². The maximum atomic E-state index is 12.1. The van der Waals surface area contributed by atoms with Crippen LogP contribution in [0.1, 0.15) is 15.9 Å². The molecule has 0 saturated heterocycles. The van der Waals surface area contributed by atoms with Crippen molar-refractivity contribution in [2.45, 2.75) is 6.61 Å². The van der Waals surface area contributed by atoms with E-state index in [4.69, 9.17) is 4.74 Å². The van der Waals surface area contributed by atoms with Crippen LogP contribution >= 0.6 is 0 Å². The number of benzene rings is 1. The fourth-order valence-corrected chi connectivity index (χ4v) is 1.83. The van der Waals surface area contributed by atoms with E-state index < -0.39 is 0 Å². The van der Waals surface area contributed by atoms with Gasteiger partial charge in [0.05, 0.1) is 18.5 Å². The molecular weight excluding hydrogens is 266 g/mol. The van der Waals surface area contributed by atoms with Gasteiger partial charge in [-0.25, -0.2) is 4.98 Å². The van der Waals surface area contributed by atoms with Crippen molar-refractivity contribution in [2.75, 3.05) is 31.4 Å². The molecule has 0 spiro atoms. The lowest BCUT2D eigenvalue weighted by Crippen LogP contribution is -2.14. The Hall–Kier alpha value is -2.40. The summed E-state index contributed by atoms with van der Waals surface area (Å²) in [6, 6.07) is 11.0. The van der Waals surface area contributed by atoms with Crippen LogP contribution in [-0.2, 0) is 11.3 Å². The van der Waals surface area contributed by atoms with Gasteiger partial charge in [-0.2, -0.15) is 0 Å². The quantitative estimate of drug-likeness (QED) is 0.917. The standard InChI is InChI=1S/C16H19N3O2/c1-19(2)14-8-9-15(17-10-14)18-16(20)13-6-4-12(5-7-13)11-21-3/h4-10H,11H2,1-3H3,(H,17,18,20). The zero-order valence-electron chi connectivity index (χ0n) is 12.5. The fraction of sp³-hybridized carbons (Fsp3) is 0.250. The Morgan fingerprint density at radius 3 is 2.43 bits per heavy atom. The highest BCUT2D eigenvalue weighted by atomic mass is 16.5. The zero-order chi connectivity index (χ0) is 15.2. The molecule has 0 bridgehead atoms. The third-order valence-corrected chi connectivity index (χ3v) is 3.03. The molecule has 1 aromatic carbocycles. The van der Waals surface area contributed by atoms with Crippen molar-refractivity contribution in [1.29, 1.82) is 0 Å². The summed E-state index contributed by atoms with van der Waals surface area (Å²) >= 11 is 0. The number of ether oxygens (including phenoxy) is 1. The molecule has 1 heterocycles. The van der Waals surface area contributed by atoms with E-state index in [1.54, 1.807) is 31.5 Å². The second-order valence-corrected chi connectivity index (χ2v) is 4.88. The molecule has 21 heavy (non-hydrogen) atoms. The van der Waals surface area contributed by atoms with Gasteiger partial charge in [-0.3, -0.25) is 4.79 Å². The number of nitrogens with one attached hydrogen (secondary N) is 1. The number of carbonyl (C=O) groups excluding carboxylic acids is 1. The SMILES string of the molecule is COCc1ccc(C(=O)Nc2ccc(N(C)C)cn2)cc1. The summed E-state index contributed by atoms with van der Waals surface area (Å²) in [5.41, 5.74) is 2.60. The van der Waals surface area contributed by atoms with Crippen LogP contribution < -0.4 is 10.2 Å². The minimum atomic E-state index is -0.177. The average molecular weight is 285 g/mol. The summed E-state index contributed by atoms with van der Waals surface area (Å²) in [5, 5.41) is 2.78. The van der Waals surface area contributed by atoms with Crippen molar-refractivity contribution in [3.05, 3.63) is 53.7 Å². The summed E-state index contributed by atoms with van der Waals surface area (Å²) in [5.74, 6) is 0.357. The topological polar surface area (TPSA) is 54.5 Å². The van der Waals surface area contributed by atoms with Crippen LogP contribution in [-0.4, -0.2) is 32.1 Å². The third kappa shape index (κ3) is 4.03. The molecule has 5 nitrogen and oxygen atoms in total. The number of hydrogen-bond acceptors (Lipinski definition) is 4. The smallest absolute Gasteiger partial charge is 0.256 e. The maximum absolute atomic E-state index is 12.1. The predicted octanol–water partition coefficient (Wildman–Crippen LogP) is 2.55. The van der Waals surface area contributed by atoms with Gasteiger partial charge < -0.3 is 15.0 Å². The van der Waals surface area contributed by atoms with Crippen LogP contribution in [0.5, 0.6) is 0 Å². The number of amides is 1. The molecule has 0 aliphatic carbocycles. The molecule has 2 aromatic rings. The number of carbonyl (C=O) groups is 1. The Labute approximate surface area is 124 Å². The first-order valence-corrected chi connectivity index (χ1v) is 6.63. The van der Waals surface area contributed by atoms with Crippen LogP contribution in [0.4, 0.5) is 11.5 Å². The molecule has 2 rings (SSSR count). The minimum absolute atomic E-state index is 0.177. The van der Waals surface area contributed by atoms with Crippen LogP contribution in [0.2, 0.25) is 0 Å². The molecule has 1 aromatic heterocycles. The molecule has 1 amide bonds. The van der Waals surface area contributed by atoms with E-state index in [-0.39, 0.29) is 5.91 Å². The monoisotopic (exact) mass is 285 g/mol. The highest BCUT2D eigenvalue weighted by Gasteiger charge is 2.07. The van der Waals surface area contributed by atoms with E-state index in [0.717, 1.165) is 11.3 Å². The number of nitrogens with zero attached hydrogens (tertiary/aromatic N) is 2. The van der Waals surface area contributed by atoms with Crippen LogP contribution in [0.15, 0.2) is 42.6 Å². The van der Waals surface area contributed by atoms with E-state index in [0.29, 0.717) is 18.0 Å². The first-order chi connectivity index (χ1) is 10.1. The highest BCUT2D eigenvalue weighted by molar-refractivity contribution is 6.03. The van der Waals surface area contributed by atoms with Crippen molar-refractivity contribution in [3.8, 4) is 0 Å². The number of methoxy groups -OCH3 is 1. The summed E-state index contributed by atoms with van der Waals surface area (Å²) in [6.07, 6.45) is 1.72. The molecule has 0 unspecified atom stereocenters. The zero-order valence-corrected chi connectivity index (χ0v) is 12.5. The van der Waals surface area contributed by atoms with Crippen molar-refractivity contribution in [3.63, 3.8) is 0 Å². The summed E-state index contributed by atoms with van der Waals surface area (Å²) in [7, 11) is 5.53. The molecule has 0 aliphatic heterocycles. The summed E-state index contributed by atoms with van der Waals surface area (Å²) < 4.78 is 5.04. The van der Waals surface area contributed by atoms with Gasteiger partial charge in [-0.05, 0) is 29.8 Å². The molecule has 0 atom stereocenters. The van der Waals surface area contributed by atoms with Crippen molar-refractivity contribution >= 4 is 17.4 Å². The largest absolute Gasteiger partial charge is 0.380 e. The van der Waals surface area contributed by atoms with Gasteiger partial charge in [0.1, 0.15) is 5.82 Å². The van der Waals surface area contributed by atoms with E-state index >= 15 is 0 Å². The fourth-order valence-electron chi connectivity index (χ4n) is 1.83. The second-order valence-electron chi connectivity index (χ2n) is 4.88. The Morgan fingerprint density at radius 1 is 1.19 bits per heavy atom. The normalized spacial score (nSPS) is 10.2. The van der Waals surface area contributed by atoms with Crippen molar-refractivity contribution < 1.29 is 9.53 Å². The molecule has 110 valence electrons. The maximum Gasteiger partial charge on any atom is 0.256 e. The summed E-state index contributed by atoms with van der Waals surface area (Å²) in [6.45, 7) is 0.537. The lowest BCUT2D eigenvalue weighted by atomic mass is 10.1. The number of aromatic nitrogens is 1. The molecular formula is C16H19N3O2. The minimum Gasteiger partial charge on any atom is -0.380 e. The predicted molar refractivity (Wildman–Crippen MR) is 83.7 cm³/mol. The van der Waals surface area contributed by atoms with Crippen LogP contribution in [0.3, 0.4) is 0 Å². The third-order valence-electron chi connectivity index (χ3n) is 3.03. The van der Waals surface area contributed by atoms with E-state index in [9.17, 15) is 4.79 Å². The Morgan fingerprint density at radius 2 is 1.90 bits per heavy atom. The van der Waals surface area contributed by atoms with Crippen LogP contribution in [0, 0.1) is 0 Å². The molecule has 0 fully saturated rings. The van der Waals surface area contributed by atoms with Gasteiger partial charge in [0.2, 0.25) is 0 Å². The Kier molecular flexibility index (Phi) is 4.90. The Balaban J connectivity index is 2.03. The molecule has 0 radical (unpaired) electrons. The lowest BCUT2D eigenvalue weighted by molar-refractivity contribution is 0.102. The van der Waals surface area contributed by atoms with Gasteiger partial charge in [0.25, 0.3) is 5.91 Å². The second kappa shape index (κ2) is 6.85. The van der Waals surface area contributed by atoms with E-state index in [1.807, 2.05) is 37.2 Å². The Bertz CT molecular complexity index is 592. The molecule has 1 N–H and O–H groups in total. The number of pyridine rings is 1. The number of hydrogen-bond donors (Lipinski definition) is 1. The first-order valence-electron chi connectivity index (χ1n) is 6.63.